The number of likely N-dealkylation sites (N-methyl/N-ethyl adjacent to an activating group) is 1. The molecule has 0 spiro atoms. The lowest BCUT2D eigenvalue weighted by Crippen LogP contribution is -2.24. The highest BCUT2D eigenvalue weighted by molar-refractivity contribution is 6.30. The summed E-state index contributed by atoms with van der Waals surface area (Å²) in [6, 6.07) is 8.40. The van der Waals surface area contributed by atoms with Gasteiger partial charge in [0.15, 0.2) is 0 Å². The van der Waals surface area contributed by atoms with E-state index in [1.807, 2.05) is 22.9 Å². The minimum absolute atomic E-state index is 0.321. The molecule has 0 aliphatic heterocycles. The van der Waals surface area contributed by atoms with Crippen LogP contribution < -0.4 is 5.32 Å². The molecule has 0 fully saturated rings. The number of benzene rings is 1. The molecule has 21 heavy (non-hydrogen) atoms. The van der Waals surface area contributed by atoms with Crippen molar-refractivity contribution in [3.63, 3.8) is 0 Å². The first-order valence-corrected chi connectivity index (χ1v) is 7.84. The molecule has 1 N–H and O–H groups in total. The molecule has 2 aromatic rings. The maximum absolute atomic E-state index is 6.13. The smallest absolute Gasteiger partial charge is 0.138 e. The van der Waals surface area contributed by atoms with E-state index in [-0.39, 0.29) is 0 Å². The van der Waals surface area contributed by atoms with E-state index >= 15 is 0 Å². The number of hydrogen-bond acceptors (Lipinski definition) is 3. The molecule has 1 atom stereocenters. The lowest BCUT2D eigenvalue weighted by Gasteiger charge is -2.19. The number of nitrogens with one attached hydrogen (secondary N) is 1. The van der Waals surface area contributed by atoms with Gasteiger partial charge in [-0.2, -0.15) is 5.10 Å². The van der Waals surface area contributed by atoms with Crippen molar-refractivity contribution in [3.8, 4) is 0 Å². The Kier molecular flexibility index (Phi) is 5.76. The second-order valence-electron chi connectivity index (χ2n) is 5.48. The van der Waals surface area contributed by atoms with Crippen molar-refractivity contribution in [1.82, 2.24) is 20.1 Å². The second kappa shape index (κ2) is 7.57. The average Bonchev–Trinajstić information content (AvgIpc) is 2.91. The highest BCUT2D eigenvalue weighted by Crippen LogP contribution is 2.23. The van der Waals surface area contributed by atoms with Crippen molar-refractivity contribution in [1.29, 1.82) is 0 Å². The molecule has 1 aromatic carbocycles. The van der Waals surface area contributed by atoms with Crippen LogP contribution in [0.4, 0.5) is 0 Å². The Morgan fingerprint density at radius 2 is 2.14 bits per heavy atom. The third-order valence-electron chi connectivity index (χ3n) is 3.53. The Balaban J connectivity index is 2.22. The molecule has 0 aliphatic rings. The first-order valence-electron chi connectivity index (χ1n) is 7.46. The van der Waals surface area contributed by atoms with Gasteiger partial charge in [0.2, 0.25) is 0 Å². The van der Waals surface area contributed by atoms with E-state index in [2.05, 4.69) is 42.2 Å². The number of rotatable bonds is 7. The molecule has 0 bridgehead atoms. The summed E-state index contributed by atoms with van der Waals surface area (Å²) in [6.45, 7) is 8.22. The molecule has 0 radical (unpaired) electrons. The zero-order valence-corrected chi connectivity index (χ0v) is 13.6. The monoisotopic (exact) mass is 306 g/mol. The van der Waals surface area contributed by atoms with Crippen LogP contribution in [0.3, 0.4) is 0 Å². The van der Waals surface area contributed by atoms with E-state index < -0.39 is 0 Å². The van der Waals surface area contributed by atoms with Crippen molar-refractivity contribution >= 4 is 11.6 Å². The molecule has 1 heterocycles. The van der Waals surface area contributed by atoms with Gasteiger partial charge in [0, 0.05) is 29.9 Å². The van der Waals surface area contributed by atoms with Crippen LogP contribution in [0, 0.1) is 0 Å². The van der Waals surface area contributed by atoms with Crippen LogP contribution in [0.1, 0.15) is 44.1 Å². The van der Waals surface area contributed by atoms with Gasteiger partial charge in [-0.1, -0.05) is 30.7 Å². The highest BCUT2D eigenvalue weighted by atomic mass is 35.5. The summed E-state index contributed by atoms with van der Waals surface area (Å²) in [5.74, 6) is 1.36. The summed E-state index contributed by atoms with van der Waals surface area (Å²) in [4.78, 5) is 4.42. The number of aromatic nitrogens is 3. The van der Waals surface area contributed by atoms with Crippen molar-refractivity contribution in [2.75, 3.05) is 13.1 Å². The SMILES string of the molecule is CCNCC(Cc1ncnn1C(C)C)c1cccc(Cl)c1. The number of hydrogen-bond donors (Lipinski definition) is 1. The summed E-state index contributed by atoms with van der Waals surface area (Å²) in [6.07, 6.45) is 2.49. The van der Waals surface area contributed by atoms with Crippen molar-refractivity contribution in [2.24, 2.45) is 0 Å². The fraction of sp³-hybridized carbons (Fsp3) is 0.500. The van der Waals surface area contributed by atoms with Crippen LogP contribution in [0.15, 0.2) is 30.6 Å². The van der Waals surface area contributed by atoms with Crippen LogP contribution in [0.2, 0.25) is 5.02 Å². The molecule has 0 saturated carbocycles. The zero-order chi connectivity index (χ0) is 15.2. The molecular weight excluding hydrogens is 284 g/mol. The third-order valence-corrected chi connectivity index (χ3v) is 3.76. The Labute approximate surface area is 131 Å². The van der Waals surface area contributed by atoms with E-state index in [1.165, 1.54) is 5.56 Å². The zero-order valence-electron chi connectivity index (χ0n) is 12.9. The van der Waals surface area contributed by atoms with Gasteiger partial charge in [0.05, 0.1) is 0 Å². The Morgan fingerprint density at radius 1 is 1.33 bits per heavy atom. The molecule has 1 unspecified atom stereocenters. The van der Waals surface area contributed by atoms with Gasteiger partial charge < -0.3 is 5.32 Å². The van der Waals surface area contributed by atoms with Crippen molar-refractivity contribution < 1.29 is 0 Å². The average molecular weight is 307 g/mol. The summed E-state index contributed by atoms with van der Waals surface area (Å²) in [5, 5.41) is 8.52. The van der Waals surface area contributed by atoms with Crippen LogP contribution in [0.5, 0.6) is 0 Å². The molecule has 1 aromatic heterocycles. The summed E-state index contributed by atoms with van der Waals surface area (Å²) in [7, 11) is 0. The Hall–Kier alpha value is -1.39. The summed E-state index contributed by atoms with van der Waals surface area (Å²) >= 11 is 6.13. The maximum Gasteiger partial charge on any atom is 0.138 e. The number of nitrogens with zero attached hydrogens (tertiary/aromatic N) is 3. The normalized spacial score (nSPS) is 12.8. The molecule has 5 heteroatoms. The quantitative estimate of drug-likeness (QED) is 0.852. The van der Waals surface area contributed by atoms with Crippen LogP contribution >= 0.6 is 11.6 Å². The van der Waals surface area contributed by atoms with Crippen LogP contribution in [-0.2, 0) is 6.42 Å². The van der Waals surface area contributed by atoms with E-state index in [4.69, 9.17) is 11.6 Å². The second-order valence-corrected chi connectivity index (χ2v) is 5.91. The van der Waals surface area contributed by atoms with Gasteiger partial charge in [-0.05, 0) is 38.1 Å². The highest BCUT2D eigenvalue weighted by Gasteiger charge is 2.17. The van der Waals surface area contributed by atoms with Crippen LogP contribution in [0.25, 0.3) is 0 Å². The van der Waals surface area contributed by atoms with Crippen molar-refractivity contribution in [3.05, 3.63) is 47.0 Å². The maximum atomic E-state index is 6.13. The fourth-order valence-electron chi connectivity index (χ4n) is 2.46. The first kappa shape index (κ1) is 16.0. The van der Waals surface area contributed by atoms with Crippen LogP contribution in [-0.4, -0.2) is 27.9 Å². The standard InChI is InChI=1S/C16H23ClN4/c1-4-18-10-14(13-6-5-7-15(17)8-13)9-16-19-11-20-21(16)12(2)3/h5-8,11-12,14,18H,4,9-10H2,1-3H3. The Bertz CT molecular complexity index is 565. The van der Waals surface area contributed by atoms with E-state index in [1.54, 1.807) is 6.33 Å². The van der Waals surface area contributed by atoms with Crippen molar-refractivity contribution in [2.45, 2.75) is 39.2 Å². The van der Waals surface area contributed by atoms with Gasteiger partial charge in [-0.25, -0.2) is 9.67 Å². The minimum Gasteiger partial charge on any atom is -0.316 e. The van der Waals surface area contributed by atoms with E-state index in [9.17, 15) is 0 Å². The fourth-order valence-corrected chi connectivity index (χ4v) is 2.66. The van der Waals surface area contributed by atoms with Gasteiger partial charge in [-0.3, -0.25) is 0 Å². The van der Waals surface area contributed by atoms with Gasteiger partial charge in [0.1, 0.15) is 12.2 Å². The molecule has 2 rings (SSSR count). The first-order chi connectivity index (χ1) is 10.1. The lowest BCUT2D eigenvalue weighted by atomic mass is 9.95. The molecule has 0 aliphatic carbocycles. The lowest BCUT2D eigenvalue weighted by molar-refractivity contribution is 0.484. The molecule has 114 valence electrons. The predicted octanol–water partition coefficient (Wildman–Crippen LogP) is 3.45. The Morgan fingerprint density at radius 3 is 2.81 bits per heavy atom. The topological polar surface area (TPSA) is 42.7 Å². The molecule has 0 amide bonds. The van der Waals surface area contributed by atoms with E-state index in [0.29, 0.717) is 12.0 Å². The molecular formula is C16H23ClN4. The minimum atomic E-state index is 0.321. The predicted molar refractivity (Wildman–Crippen MR) is 86.8 cm³/mol. The van der Waals surface area contributed by atoms with Gasteiger partial charge >= 0.3 is 0 Å². The third kappa shape index (κ3) is 4.29. The number of halogens is 1. The summed E-state index contributed by atoms with van der Waals surface area (Å²) < 4.78 is 1.99. The molecule has 0 saturated heterocycles. The summed E-state index contributed by atoms with van der Waals surface area (Å²) in [5.41, 5.74) is 1.24. The van der Waals surface area contributed by atoms with E-state index in [0.717, 1.165) is 30.4 Å². The largest absolute Gasteiger partial charge is 0.316 e. The van der Waals surface area contributed by atoms with Gasteiger partial charge in [-0.15, -0.1) is 0 Å². The molecule has 4 nitrogen and oxygen atoms in total. The van der Waals surface area contributed by atoms with Gasteiger partial charge in [0.25, 0.3) is 0 Å².